The van der Waals surface area contributed by atoms with Gasteiger partial charge in [0.1, 0.15) is 11.5 Å². The molecular formula is C18H15NO. The second-order valence-corrected chi connectivity index (χ2v) is 4.59. The van der Waals surface area contributed by atoms with Crippen LogP contribution in [0.1, 0.15) is 11.1 Å². The van der Waals surface area contributed by atoms with Gasteiger partial charge in [-0.05, 0) is 53.9 Å². The minimum atomic E-state index is 0.856. The Hall–Kier alpha value is -2.61. The maximum Gasteiger partial charge on any atom is 0.127 e. The summed E-state index contributed by atoms with van der Waals surface area (Å²) in [5.74, 6) is 1.71. The van der Waals surface area contributed by atoms with E-state index in [2.05, 4.69) is 17.1 Å². The highest BCUT2D eigenvalue weighted by Gasteiger charge is 1.99. The van der Waals surface area contributed by atoms with Crippen LogP contribution in [0.25, 0.3) is 0 Å². The highest BCUT2D eigenvalue weighted by molar-refractivity contribution is 5.34. The number of benzene rings is 2. The van der Waals surface area contributed by atoms with Crippen LogP contribution in [-0.2, 0) is 6.42 Å². The van der Waals surface area contributed by atoms with Crippen molar-refractivity contribution in [2.45, 2.75) is 6.42 Å². The maximum atomic E-state index is 5.77. The van der Waals surface area contributed by atoms with E-state index in [0.29, 0.717) is 0 Å². The first-order chi connectivity index (χ1) is 9.90. The Morgan fingerprint density at radius 2 is 1.25 bits per heavy atom. The van der Waals surface area contributed by atoms with Gasteiger partial charge in [0, 0.05) is 12.4 Å². The molecular weight excluding hydrogens is 246 g/mol. The van der Waals surface area contributed by atoms with Crippen LogP contribution in [0.15, 0.2) is 79.1 Å². The fourth-order valence-electron chi connectivity index (χ4n) is 2.04. The van der Waals surface area contributed by atoms with Crippen molar-refractivity contribution in [2.24, 2.45) is 0 Å². The van der Waals surface area contributed by atoms with Crippen LogP contribution < -0.4 is 4.74 Å². The molecule has 0 spiro atoms. The molecule has 0 aliphatic carbocycles. The highest BCUT2D eigenvalue weighted by atomic mass is 16.5. The molecule has 3 aromatic rings. The molecule has 0 aliphatic rings. The van der Waals surface area contributed by atoms with Gasteiger partial charge in [-0.25, -0.2) is 0 Å². The van der Waals surface area contributed by atoms with Crippen LogP contribution in [0.2, 0.25) is 0 Å². The van der Waals surface area contributed by atoms with Gasteiger partial charge >= 0.3 is 0 Å². The van der Waals surface area contributed by atoms with E-state index in [9.17, 15) is 0 Å². The van der Waals surface area contributed by atoms with Crippen molar-refractivity contribution in [3.05, 3.63) is 90.3 Å². The number of nitrogens with zero attached hydrogens (tertiary/aromatic N) is 1. The van der Waals surface area contributed by atoms with E-state index < -0.39 is 0 Å². The predicted octanol–water partition coefficient (Wildman–Crippen LogP) is 4.46. The van der Waals surface area contributed by atoms with Crippen LogP contribution in [0.5, 0.6) is 11.5 Å². The van der Waals surface area contributed by atoms with Crippen molar-refractivity contribution in [1.82, 2.24) is 4.98 Å². The molecule has 0 radical (unpaired) electrons. The summed E-state index contributed by atoms with van der Waals surface area (Å²) in [7, 11) is 0. The van der Waals surface area contributed by atoms with Gasteiger partial charge in [-0.2, -0.15) is 0 Å². The van der Waals surface area contributed by atoms with Gasteiger partial charge in [0.25, 0.3) is 0 Å². The third-order valence-corrected chi connectivity index (χ3v) is 3.06. The number of aromatic nitrogens is 1. The number of hydrogen-bond acceptors (Lipinski definition) is 2. The van der Waals surface area contributed by atoms with Crippen molar-refractivity contribution in [3.8, 4) is 11.5 Å². The molecule has 0 saturated heterocycles. The topological polar surface area (TPSA) is 22.1 Å². The van der Waals surface area contributed by atoms with Crippen LogP contribution >= 0.6 is 0 Å². The molecule has 2 nitrogen and oxygen atoms in total. The first kappa shape index (κ1) is 12.4. The fourth-order valence-corrected chi connectivity index (χ4v) is 2.04. The zero-order valence-electron chi connectivity index (χ0n) is 11.1. The molecule has 0 bridgehead atoms. The third kappa shape index (κ3) is 3.23. The smallest absolute Gasteiger partial charge is 0.127 e. The van der Waals surface area contributed by atoms with E-state index in [-0.39, 0.29) is 0 Å². The van der Waals surface area contributed by atoms with Gasteiger partial charge in [0.15, 0.2) is 0 Å². The van der Waals surface area contributed by atoms with Gasteiger partial charge in [-0.1, -0.05) is 30.3 Å². The summed E-state index contributed by atoms with van der Waals surface area (Å²) >= 11 is 0. The molecule has 3 rings (SSSR count). The van der Waals surface area contributed by atoms with Gasteiger partial charge in [0.2, 0.25) is 0 Å². The molecule has 98 valence electrons. The van der Waals surface area contributed by atoms with Crippen LogP contribution in [0.3, 0.4) is 0 Å². The minimum Gasteiger partial charge on any atom is -0.457 e. The number of hydrogen-bond donors (Lipinski definition) is 0. The second kappa shape index (κ2) is 6.02. The normalized spacial score (nSPS) is 10.2. The van der Waals surface area contributed by atoms with E-state index in [1.54, 1.807) is 0 Å². The van der Waals surface area contributed by atoms with E-state index in [1.807, 2.05) is 67.0 Å². The Balaban J connectivity index is 1.69. The number of ether oxygens (including phenoxy) is 1. The SMILES string of the molecule is c1ccc(Oc2ccc(Cc3ccncc3)cc2)cc1. The van der Waals surface area contributed by atoms with Crippen LogP contribution in [-0.4, -0.2) is 4.98 Å². The zero-order valence-corrected chi connectivity index (χ0v) is 11.1. The molecule has 0 amide bonds. The Morgan fingerprint density at radius 3 is 1.95 bits per heavy atom. The predicted molar refractivity (Wildman–Crippen MR) is 80.0 cm³/mol. The first-order valence-electron chi connectivity index (χ1n) is 6.61. The Kier molecular flexibility index (Phi) is 3.74. The molecule has 20 heavy (non-hydrogen) atoms. The molecule has 0 saturated carbocycles. The van der Waals surface area contributed by atoms with E-state index in [1.165, 1.54) is 11.1 Å². The lowest BCUT2D eigenvalue weighted by molar-refractivity contribution is 0.482. The van der Waals surface area contributed by atoms with E-state index in [4.69, 9.17) is 4.74 Å². The second-order valence-electron chi connectivity index (χ2n) is 4.59. The van der Waals surface area contributed by atoms with E-state index in [0.717, 1.165) is 17.9 Å². The van der Waals surface area contributed by atoms with Gasteiger partial charge in [-0.15, -0.1) is 0 Å². The molecule has 0 N–H and O–H groups in total. The lowest BCUT2D eigenvalue weighted by Gasteiger charge is -2.06. The summed E-state index contributed by atoms with van der Waals surface area (Å²) < 4.78 is 5.77. The van der Waals surface area contributed by atoms with Gasteiger partial charge in [-0.3, -0.25) is 4.98 Å². The van der Waals surface area contributed by atoms with Crippen molar-refractivity contribution in [1.29, 1.82) is 0 Å². The molecule has 2 aromatic carbocycles. The summed E-state index contributed by atoms with van der Waals surface area (Å²) in [6.45, 7) is 0. The summed E-state index contributed by atoms with van der Waals surface area (Å²) in [4.78, 5) is 4.03. The van der Waals surface area contributed by atoms with Crippen molar-refractivity contribution >= 4 is 0 Å². The molecule has 0 unspecified atom stereocenters. The largest absolute Gasteiger partial charge is 0.457 e. The van der Waals surface area contributed by atoms with Crippen LogP contribution in [0, 0.1) is 0 Å². The summed E-state index contributed by atoms with van der Waals surface area (Å²) in [5, 5.41) is 0. The molecule has 0 atom stereocenters. The Bertz CT molecular complexity index is 588. The highest BCUT2D eigenvalue weighted by Crippen LogP contribution is 2.21. The monoisotopic (exact) mass is 261 g/mol. The van der Waals surface area contributed by atoms with Crippen molar-refractivity contribution in [3.63, 3.8) is 0 Å². The zero-order chi connectivity index (χ0) is 13.6. The molecule has 1 heterocycles. The Labute approximate surface area is 118 Å². The van der Waals surface area contributed by atoms with E-state index >= 15 is 0 Å². The lowest BCUT2D eigenvalue weighted by Crippen LogP contribution is -1.89. The maximum absolute atomic E-state index is 5.77. The molecule has 2 heteroatoms. The first-order valence-corrected chi connectivity index (χ1v) is 6.61. The average Bonchev–Trinajstić information content (AvgIpc) is 2.51. The summed E-state index contributed by atoms with van der Waals surface area (Å²) in [5.41, 5.74) is 2.52. The number of pyridine rings is 1. The molecule has 0 fully saturated rings. The van der Waals surface area contributed by atoms with Gasteiger partial charge in [0.05, 0.1) is 0 Å². The standard InChI is InChI=1S/C18H15NO/c1-2-4-17(5-3-1)20-18-8-6-15(7-9-18)14-16-10-12-19-13-11-16/h1-13H,14H2. The Morgan fingerprint density at radius 1 is 0.650 bits per heavy atom. The summed E-state index contributed by atoms with van der Waals surface area (Å²) in [6.07, 6.45) is 4.55. The quantitative estimate of drug-likeness (QED) is 0.691. The fraction of sp³-hybridized carbons (Fsp3) is 0.0556. The van der Waals surface area contributed by atoms with Crippen LogP contribution in [0.4, 0.5) is 0 Å². The average molecular weight is 261 g/mol. The minimum absolute atomic E-state index is 0.856. The van der Waals surface area contributed by atoms with Gasteiger partial charge < -0.3 is 4.74 Å². The molecule has 1 aromatic heterocycles. The van der Waals surface area contributed by atoms with Crippen molar-refractivity contribution in [2.75, 3.05) is 0 Å². The third-order valence-electron chi connectivity index (χ3n) is 3.06. The lowest BCUT2D eigenvalue weighted by atomic mass is 10.1. The number of rotatable bonds is 4. The summed E-state index contributed by atoms with van der Waals surface area (Å²) in [6, 6.07) is 22.1. The number of para-hydroxylation sites is 1. The van der Waals surface area contributed by atoms with Crippen molar-refractivity contribution < 1.29 is 4.74 Å². The molecule has 0 aliphatic heterocycles.